The SMILES string of the molecule is COc1cc(N)ccc1-n1nc(C)c2ccccc21. The second-order valence-corrected chi connectivity index (χ2v) is 4.45. The number of nitrogens with two attached hydrogens (primary N) is 1. The van der Waals surface area contributed by atoms with E-state index >= 15 is 0 Å². The number of methoxy groups -OCH3 is 1. The first-order valence-corrected chi connectivity index (χ1v) is 6.09. The molecule has 19 heavy (non-hydrogen) atoms. The fourth-order valence-electron chi connectivity index (χ4n) is 2.27. The monoisotopic (exact) mass is 253 g/mol. The van der Waals surface area contributed by atoms with E-state index in [1.165, 1.54) is 0 Å². The van der Waals surface area contributed by atoms with Crippen LogP contribution in [0, 0.1) is 6.92 Å². The third-order valence-electron chi connectivity index (χ3n) is 3.20. The van der Waals surface area contributed by atoms with Gasteiger partial charge in [0.25, 0.3) is 0 Å². The van der Waals surface area contributed by atoms with Crippen LogP contribution in [0.5, 0.6) is 5.75 Å². The number of rotatable bonds is 2. The summed E-state index contributed by atoms with van der Waals surface area (Å²) in [6.07, 6.45) is 0. The van der Waals surface area contributed by atoms with E-state index < -0.39 is 0 Å². The van der Waals surface area contributed by atoms with Crippen LogP contribution >= 0.6 is 0 Å². The second-order valence-electron chi connectivity index (χ2n) is 4.45. The Morgan fingerprint density at radius 2 is 1.95 bits per heavy atom. The molecule has 0 spiro atoms. The molecule has 1 heterocycles. The third-order valence-corrected chi connectivity index (χ3v) is 3.20. The molecule has 0 amide bonds. The number of aromatic nitrogens is 2. The minimum atomic E-state index is 0.675. The van der Waals surface area contributed by atoms with Gasteiger partial charge in [0.1, 0.15) is 11.4 Å². The van der Waals surface area contributed by atoms with Crippen molar-refractivity contribution in [1.82, 2.24) is 9.78 Å². The zero-order valence-electron chi connectivity index (χ0n) is 10.9. The number of aryl methyl sites for hydroxylation is 1. The Morgan fingerprint density at radius 3 is 2.74 bits per heavy atom. The minimum Gasteiger partial charge on any atom is -0.494 e. The van der Waals surface area contributed by atoms with E-state index in [9.17, 15) is 0 Å². The van der Waals surface area contributed by atoms with Gasteiger partial charge in [-0.05, 0) is 25.1 Å². The number of hydrogen-bond donors (Lipinski definition) is 1. The van der Waals surface area contributed by atoms with Crippen LogP contribution in [0.3, 0.4) is 0 Å². The molecule has 0 unspecified atom stereocenters. The van der Waals surface area contributed by atoms with Crippen LogP contribution in [-0.4, -0.2) is 16.9 Å². The molecule has 0 radical (unpaired) electrons. The zero-order chi connectivity index (χ0) is 13.4. The van der Waals surface area contributed by atoms with Gasteiger partial charge in [0, 0.05) is 17.1 Å². The maximum absolute atomic E-state index is 5.79. The van der Waals surface area contributed by atoms with Crippen LogP contribution < -0.4 is 10.5 Å². The normalized spacial score (nSPS) is 10.8. The average Bonchev–Trinajstić information content (AvgIpc) is 2.76. The van der Waals surface area contributed by atoms with Gasteiger partial charge in [0.2, 0.25) is 0 Å². The van der Waals surface area contributed by atoms with Gasteiger partial charge in [0.15, 0.2) is 0 Å². The molecule has 3 rings (SSSR count). The van der Waals surface area contributed by atoms with Gasteiger partial charge < -0.3 is 10.5 Å². The molecule has 4 nitrogen and oxygen atoms in total. The summed E-state index contributed by atoms with van der Waals surface area (Å²) < 4.78 is 7.29. The lowest BCUT2D eigenvalue weighted by Crippen LogP contribution is -2.01. The Labute approximate surface area is 111 Å². The van der Waals surface area contributed by atoms with Crippen LogP contribution in [0.1, 0.15) is 5.69 Å². The molecule has 96 valence electrons. The summed E-state index contributed by atoms with van der Waals surface area (Å²) in [5, 5.41) is 5.73. The van der Waals surface area contributed by atoms with E-state index in [-0.39, 0.29) is 0 Å². The summed E-state index contributed by atoms with van der Waals surface area (Å²) in [7, 11) is 1.64. The summed E-state index contributed by atoms with van der Waals surface area (Å²) in [5.41, 5.74) is 9.41. The van der Waals surface area contributed by atoms with E-state index in [1.54, 1.807) is 13.2 Å². The number of anilines is 1. The summed E-state index contributed by atoms with van der Waals surface area (Å²) in [4.78, 5) is 0. The highest BCUT2D eigenvalue weighted by Gasteiger charge is 2.12. The van der Waals surface area contributed by atoms with E-state index in [0.29, 0.717) is 11.4 Å². The van der Waals surface area contributed by atoms with Crippen molar-refractivity contribution >= 4 is 16.6 Å². The maximum atomic E-state index is 5.79. The molecule has 2 N–H and O–H groups in total. The van der Waals surface area contributed by atoms with E-state index in [1.807, 2.05) is 41.9 Å². The van der Waals surface area contributed by atoms with Crippen LogP contribution in [0.25, 0.3) is 16.6 Å². The lowest BCUT2D eigenvalue weighted by Gasteiger charge is -2.10. The van der Waals surface area contributed by atoms with E-state index in [2.05, 4.69) is 11.2 Å². The van der Waals surface area contributed by atoms with Crippen LogP contribution in [0.2, 0.25) is 0 Å². The fourth-order valence-corrected chi connectivity index (χ4v) is 2.27. The lowest BCUT2D eigenvalue weighted by molar-refractivity contribution is 0.412. The van der Waals surface area contributed by atoms with Crippen molar-refractivity contribution in [2.45, 2.75) is 6.92 Å². The van der Waals surface area contributed by atoms with Gasteiger partial charge in [-0.15, -0.1) is 0 Å². The van der Waals surface area contributed by atoms with Crippen molar-refractivity contribution in [2.75, 3.05) is 12.8 Å². The molecule has 4 heteroatoms. The predicted octanol–water partition coefficient (Wildman–Crippen LogP) is 2.92. The standard InChI is InChI=1S/C15H15N3O/c1-10-12-5-3-4-6-13(12)18(17-10)14-8-7-11(16)9-15(14)19-2/h3-9H,16H2,1-2H3. The van der Waals surface area contributed by atoms with Crippen molar-refractivity contribution in [3.05, 3.63) is 48.2 Å². The van der Waals surface area contributed by atoms with Crippen molar-refractivity contribution in [3.8, 4) is 11.4 Å². The number of nitrogen functional groups attached to an aromatic ring is 1. The Bertz CT molecular complexity index is 746. The van der Waals surface area contributed by atoms with Gasteiger partial charge in [0.05, 0.1) is 18.3 Å². The highest BCUT2D eigenvalue weighted by molar-refractivity contribution is 5.83. The van der Waals surface area contributed by atoms with Gasteiger partial charge in [-0.3, -0.25) is 0 Å². The number of ether oxygens (including phenoxy) is 1. The number of benzene rings is 2. The molecule has 2 aromatic carbocycles. The summed E-state index contributed by atoms with van der Waals surface area (Å²) in [6, 6.07) is 13.7. The Kier molecular flexibility index (Phi) is 2.63. The van der Waals surface area contributed by atoms with Crippen molar-refractivity contribution < 1.29 is 4.74 Å². The first kappa shape index (κ1) is 11.6. The zero-order valence-corrected chi connectivity index (χ0v) is 10.9. The Morgan fingerprint density at radius 1 is 1.16 bits per heavy atom. The largest absolute Gasteiger partial charge is 0.494 e. The molecule has 0 aliphatic rings. The number of fused-ring (bicyclic) bond motifs is 1. The topological polar surface area (TPSA) is 53.1 Å². The fraction of sp³-hybridized carbons (Fsp3) is 0.133. The van der Waals surface area contributed by atoms with Crippen molar-refractivity contribution in [2.24, 2.45) is 0 Å². The highest BCUT2D eigenvalue weighted by atomic mass is 16.5. The van der Waals surface area contributed by atoms with Gasteiger partial charge >= 0.3 is 0 Å². The maximum Gasteiger partial charge on any atom is 0.146 e. The predicted molar refractivity (Wildman–Crippen MR) is 76.8 cm³/mol. The van der Waals surface area contributed by atoms with Crippen LogP contribution in [0.15, 0.2) is 42.5 Å². The molecule has 0 aliphatic heterocycles. The average molecular weight is 253 g/mol. The number of hydrogen-bond acceptors (Lipinski definition) is 3. The quantitative estimate of drug-likeness (QED) is 0.714. The van der Waals surface area contributed by atoms with Gasteiger partial charge in [-0.2, -0.15) is 5.10 Å². The lowest BCUT2D eigenvalue weighted by atomic mass is 10.2. The highest BCUT2D eigenvalue weighted by Crippen LogP contribution is 2.29. The van der Waals surface area contributed by atoms with E-state index in [4.69, 9.17) is 10.5 Å². The molecule has 0 bridgehead atoms. The van der Waals surface area contributed by atoms with Crippen LogP contribution in [-0.2, 0) is 0 Å². The Hall–Kier alpha value is -2.49. The minimum absolute atomic E-state index is 0.675. The third kappa shape index (κ3) is 1.81. The summed E-state index contributed by atoms with van der Waals surface area (Å²) in [5.74, 6) is 0.716. The van der Waals surface area contributed by atoms with Crippen LogP contribution in [0.4, 0.5) is 5.69 Å². The summed E-state index contributed by atoms with van der Waals surface area (Å²) in [6.45, 7) is 2.00. The van der Waals surface area contributed by atoms with E-state index in [0.717, 1.165) is 22.3 Å². The first-order valence-electron chi connectivity index (χ1n) is 6.09. The molecule has 0 atom stereocenters. The molecule has 1 aromatic heterocycles. The van der Waals surface area contributed by atoms with Gasteiger partial charge in [-0.25, -0.2) is 4.68 Å². The van der Waals surface area contributed by atoms with Crippen molar-refractivity contribution in [3.63, 3.8) is 0 Å². The Balaban J connectivity index is 2.30. The number of nitrogens with zero attached hydrogens (tertiary/aromatic N) is 2. The first-order chi connectivity index (χ1) is 9.20. The molecule has 0 aliphatic carbocycles. The molecule has 0 saturated heterocycles. The van der Waals surface area contributed by atoms with Crippen molar-refractivity contribution in [1.29, 1.82) is 0 Å². The molecule has 0 fully saturated rings. The second kappa shape index (κ2) is 4.31. The number of para-hydroxylation sites is 1. The smallest absolute Gasteiger partial charge is 0.146 e. The molecular formula is C15H15N3O. The molecule has 3 aromatic rings. The molecular weight excluding hydrogens is 238 g/mol. The van der Waals surface area contributed by atoms with Gasteiger partial charge in [-0.1, -0.05) is 18.2 Å². The summed E-state index contributed by atoms with van der Waals surface area (Å²) >= 11 is 0. The molecule has 0 saturated carbocycles.